The minimum Gasteiger partial charge on any atom is -0.360 e. The molecule has 0 aliphatic heterocycles. The van der Waals surface area contributed by atoms with E-state index in [9.17, 15) is 0 Å². The predicted molar refractivity (Wildman–Crippen MR) is 73.7 cm³/mol. The van der Waals surface area contributed by atoms with E-state index in [-0.39, 0.29) is 5.41 Å². The highest BCUT2D eigenvalue weighted by atomic mass is 32.1. The molecule has 1 heterocycles. The van der Waals surface area contributed by atoms with E-state index < -0.39 is 0 Å². The first-order valence-electron chi connectivity index (χ1n) is 6.63. The number of hydrogen-bond donors (Lipinski definition) is 1. The lowest BCUT2D eigenvalue weighted by atomic mass is 9.89. The largest absolute Gasteiger partial charge is 0.360 e. The molecule has 0 atom stereocenters. The summed E-state index contributed by atoms with van der Waals surface area (Å²) in [5, 5.41) is 14.0. The Hall–Kier alpha value is -0.640. The first-order valence-corrected chi connectivity index (χ1v) is 7.45. The lowest BCUT2D eigenvalue weighted by Gasteiger charge is -2.21. The summed E-state index contributed by atoms with van der Waals surface area (Å²) in [5.74, 6) is 0.839. The van der Waals surface area contributed by atoms with Crippen molar-refractivity contribution in [2.45, 2.75) is 58.3 Å². The van der Waals surface area contributed by atoms with Crippen LogP contribution in [-0.4, -0.2) is 16.7 Å². The van der Waals surface area contributed by atoms with E-state index in [1.165, 1.54) is 32.1 Å². The van der Waals surface area contributed by atoms with Crippen LogP contribution in [-0.2, 0) is 5.41 Å². The monoisotopic (exact) mass is 253 g/mol. The molecule has 1 aliphatic rings. The second-order valence-electron chi connectivity index (χ2n) is 6.05. The van der Waals surface area contributed by atoms with Crippen molar-refractivity contribution in [1.29, 1.82) is 0 Å². The van der Waals surface area contributed by atoms with Crippen molar-refractivity contribution in [3.63, 3.8) is 0 Å². The van der Waals surface area contributed by atoms with Gasteiger partial charge in [0.2, 0.25) is 5.13 Å². The van der Waals surface area contributed by atoms with Crippen LogP contribution in [0.25, 0.3) is 0 Å². The second kappa shape index (κ2) is 5.34. The van der Waals surface area contributed by atoms with Gasteiger partial charge in [-0.05, 0) is 18.8 Å². The molecule has 1 fully saturated rings. The summed E-state index contributed by atoms with van der Waals surface area (Å²) in [7, 11) is 0. The summed E-state index contributed by atoms with van der Waals surface area (Å²) in [6.45, 7) is 7.61. The number of hydrogen-bond acceptors (Lipinski definition) is 4. The molecule has 1 aromatic rings. The SMILES string of the molecule is CC(C)(C)c1nnc(NCC2CCCCC2)s1. The third kappa shape index (κ3) is 3.66. The third-order valence-corrected chi connectivity index (χ3v) is 4.64. The molecule has 17 heavy (non-hydrogen) atoms. The Morgan fingerprint density at radius 3 is 2.47 bits per heavy atom. The van der Waals surface area contributed by atoms with Crippen LogP contribution in [0, 0.1) is 5.92 Å². The number of nitrogens with one attached hydrogen (secondary N) is 1. The third-order valence-electron chi connectivity index (χ3n) is 3.33. The van der Waals surface area contributed by atoms with Crippen LogP contribution in [0.2, 0.25) is 0 Å². The van der Waals surface area contributed by atoms with E-state index in [2.05, 4.69) is 36.3 Å². The average Bonchev–Trinajstić information content (AvgIpc) is 2.76. The molecule has 96 valence electrons. The van der Waals surface area contributed by atoms with Crippen molar-refractivity contribution in [2.75, 3.05) is 11.9 Å². The highest BCUT2D eigenvalue weighted by molar-refractivity contribution is 7.15. The molecule has 0 radical (unpaired) electrons. The zero-order chi connectivity index (χ0) is 12.3. The van der Waals surface area contributed by atoms with Crippen LogP contribution < -0.4 is 5.32 Å². The van der Waals surface area contributed by atoms with Gasteiger partial charge in [0.15, 0.2) is 0 Å². The van der Waals surface area contributed by atoms with Crippen molar-refractivity contribution in [3.05, 3.63) is 5.01 Å². The molecule has 0 saturated heterocycles. The van der Waals surface area contributed by atoms with E-state index in [0.29, 0.717) is 0 Å². The van der Waals surface area contributed by atoms with Crippen LogP contribution in [0.4, 0.5) is 5.13 Å². The Labute approximate surface area is 108 Å². The van der Waals surface area contributed by atoms with Crippen molar-refractivity contribution in [3.8, 4) is 0 Å². The molecule has 1 aromatic heterocycles. The standard InChI is InChI=1S/C13H23N3S/c1-13(2,3)11-15-16-12(17-11)14-9-10-7-5-4-6-8-10/h10H,4-9H2,1-3H3,(H,14,16). The summed E-state index contributed by atoms with van der Waals surface area (Å²) in [6, 6.07) is 0. The summed E-state index contributed by atoms with van der Waals surface area (Å²) in [5.41, 5.74) is 0.114. The van der Waals surface area contributed by atoms with E-state index in [1.807, 2.05) is 0 Å². The Kier molecular flexibility index (Phi) is 4.02. The van der Waals surface area contributed by atoms with Crippen LogP contribution in [0.5, 0.6) is 0 Å². The summed E-state index contributed by atoms with van der Waals surface area (Å²) in [4.78, 5) is 0. The van der Waals surface area contributed by atoms with Gasteiger partial charge in [-0.25, -0.2) is 0 Å². The Bertz CT molecular complexity index is 348. The Balaban J connectivity index is 1.84. The molecule has 2 rings (SSSR count). The number of rotatable bonds is 3. The van der Waals surface area contributed by atoms with Gasteiger partial charge in [-0.15, -0.1) is 10.2 Å². The molecule has 4 heteroatoms. The molecule has 0 bridgehead atoms. The molecular weight excluding hydrogens is 230 g/mol. The normalized spacial score (nSPS) is 18.3. The van der Waals surface area contributed by atoms with Crippen LogP contribution in [0.15, 0.2) is 0 Å². The van der Waals surface area contributed by atoms with Gasteiger partial charge in [0.25, 0.3) is 0 Å². The van der Waals surface area contributed by atoms with E-state index in [0.717, 1.165) is 22.6 Å². The van der Waals surface area contributed by atoms with Gasteiger partial charge in [0.05, 0.1) is 0 Å². The smallest absolute Gasteiger partial charge is 0.205 e. The highest BCUT2D eigenvalue weighted by Gasteiger charge is 2.20. The van der Waals surface area contributed by atoms with Gasteiger partial charge >= 0.3 is 0 Å². The van der Waals surface area contributed by atoms with Crippen LogP contribution in [0.1, 0.15) is 57.9 Å². The number of anilines is 1. The maximum atomic E-state index is 4.26. The fourth-order valence-corrected chi connectivity index (χ4v) is 3.03. The topological polar surface area (TPSA) is 37.8 Å². The van der Waals surface area contributed by atoms with E-state index in [1.54, 1.807) is 11.3 Å². The zero-order valence-electron chi connectivity index (χ0n) is 11.1. The molecule has 1 N–H and O–H groups in total. The summed E-state index contributed by atoms with van der Waals surface area (Å²) < 4.78 is 0. The lowest BCUT2D eigenvalue weighted by Crippen LogP contribution is -2.16. The molecule has 1 saturated carbocycles. The minimum absolute atomic E-state index is 0.114. The first kappa shape index (κ1) is 12.8. The fourth-order valence-electron chi connectivity index (χ4n) is 2.22. The van der Waals surface area contributed by atoms with Gasteiger partial charge in [-0.2, -0.15) is 0 Å². The maximum absolute atomic E-state index is 4.26. The molecule has 1 aliphatic carbocycles. The molecule has 0 amide bonds. The maximum Gasteiger partial charge on any atom is 0.205 e. The van der Waals surface area contributed by atoms with Gasteiger partial charge < -0.3 is 5.32 Å². The average molecular weight is 253 g/mol. The quantitative estimate of drug-likeness (QED) is 0.889. The Morgan fingerprint density at radius 2 is 1.88 bits per heavy atom. The van der Waals surface area contributed by atoms with Crippen LogP contribution >= 0.6 is 11.3 Å². The van der Waals surface area contributed by atoms with Gasteiger partial charge in [-0.1, -0.05) is 51.4 Å². The van der Waals surface area contributed by atoms with E-state index in [4.69, 9.17) is 0 Å². The van der Waals surface area contributed by atoms with Crippen molar-refractivity contribution < 1.29 is 0 Å². The molecule has 0 unspecified atom stereocenters. The molecule has 0 spiro atoms. The van der Waals surface area contributed by atoms with Crippen LogP contribution in [0.3, 0.4) is 0 Å². The Morgan fingerprint density at radius 1 is 1.18 bits per heavy atom. The number of nitrogens with zero attached hydrogens (tertiary/aromatic N) is 2. The summed E-state index contributed by atoms with van der Waals surface area (Å²) >= 11 is 1.70. The van der Waals surface area contributed by atoms with Gasteiger partial charge in [0.1, 0.15) is 5.01 Å². The highest BCUT2D eigenvalue weighted by Crippen LogP contribution is 2.29. The number of aromatic nitrogens is 2. The van der Waals surface area contributed by atoms with Crippen molar-refractivity contribution >= 4 is 16.5 Å². The lowest BCUT2D eigenvalue weighted by molar-refractivity contribution is 0.373. The molecular formula is C13H23N3S. The first-order chi connectivity index (χ1) is 8.05. The molecule has 3 nitrogen and oxygen atoms in total. The van der Waals surface area contributed by atoms with E-state index >= 15 is 0 Å². The predicted octanol–water partition coefficient (Wildman–Crippen LogP) is 3.83. The second-order valence-corrected chi connectivity index (χ2v) is 7.02. The molecule has 0 aromatic carbocycles. The van der Waals surface area contributed by atoms with Crippen molar-refractivity contribution in [2.24, 2.45) is 5.92 Å². The fraction of sp³-hybridized carbons (Fsp3) is 0.846. The zero-order valence-corrected chi connectivity index (χ0v) is 11.9. The minimum atomic E-state index is 0.114. The van der Waals surface area contributed by atoms with Crippen molar-refractivity contribution in [1.82, 2.24) is 10.2 Å². The summed E-state index contributed by atoms with van der Waals surface area (Å²) in [6.07, 6.45) is 6.96. The van der Waals surface area contributed by atoms with Gasteiger partial charge in [-0.3, -0.25) is 0 Å². The van der Waals surface area contributed by atoms with Gasteiger partial charge in [0, 0.05) is 12.0 Å².